The fourth-order valence-electron chi connectivity index (χ4n) is 2.84. The summed E-state index contributed by atoms with van der Waals surface area (Å²) < 4.78 is 6.98. The molecule has 100 valence electrons. The van der Waals surface area contributed by atoms with Crippen LogP contribution in [0.3, 0.4) is 0 Å². The zero-order valence-corrected chi connectivity index (χ0v) is 11.3. The number of esters is 1. The summed E-state index contributed by atoms with van der Waals surface area (Å²) in [6.07, 6.45) is 3.51. The molecule has 1 aromatic rings. The molecule has 5 nitrogen and oxygen atoms in total. The van der Waals surface area contributed by atoms with Gasteiger partial charge < -0.3 is 15.0 Å². The number of anilines is 1. The van der Waals surface area contributed by atoms with Crippen molar-refractivity contribution in [3.8, 4) is 0 Å². The number of nitrogens with zero attached hydrogens (tertiary/aromatic N) is 2. The fraction of sp³-hybridized carbons (Fsp3) is 0.692. The molecule has 1 fully saturated rings. The average Bonchev–Trinajstić information content (AvgIpc) is 2.84. The third kappa shape index (κ3) is 2.09. The Morgan fingerprint density at radius 2 is 2.28 bits per heavy atom. The van der Waals surface area contributed by atoms with Crippen LogP contribution in [0.4, 0.5) is 5.82 Å². The largest absolute Gasteiger partial charge is 0.461 e. The van der Waals surface area contributed by atoms with Gasteiger partial charge in [-0.05, 0) is 32.6 Å². The third-order valence-electron chi connectivity index (χ3n) is 3.74. The number of aromatic nitrogens is 2. The number of nitrogens with two attached hydrogens (primary N) is 1. The summed E-state index contributed by atoms with van der Waals surface area (Å²) in [6, 6.07) is 0.362. The van der Waals surface area contributed by atoms with Crippen molar-refractivity contribution in [2.45, 2.75) is 46.1 Å². The van der Waals surface area contributed by atoms with E-state index in [1.54, 1.807) is 6.92 Å². The number of nitrogen functional groups attached to an aromatic ring is 1. The second-order valence-corrected chi connectivity index (χ2v) is 4.96. The number of ether oxygens (including phenoxy) is 1. The first kappa shape index (κ1) is 12.9. The monoisotopic (exact) mass is 251 g/mol. The minimum absolute atomic E-state index is 0.258. The van der Waals surface area contributed by atoms with Crippen molar-refractivity contribution in [3.63, 3.8) is 0 Å². The summed E-state index contributed by atoms with van der Waals surface area (Å²) in [5.41, 5.74) is 6.33. The van der Waals surface area contributed by atoms with Gasteiger partial charge >= 0.3 is 5.97 Å². The molecule has 1 aliphatic carbocycles. The first-order valence-corrected chi connectivity index (χ1v) is 6.57. The number of imidazole rings is 1. The minimum Gasteiger partial charge on any atom is -0.461 e. The topological polar surface area (TPSA) is 70.1 Å². The molecule has 0 bridgehead atoms. The summed E-state index contributed by atoms with van der Waals surface area (Å²) in [5, 5.41) is 0. The minimum atomic E-state index is -0.428. The molecule has 1 saturated carbocycles. The Morgan fingerprint density at radius 1 is 1.56 bits per heavy atom. The highest BCUT2D eigenvalue weighted by atomic mass is 16.5. The van der Waals surface area contributed by atoms with E-state index in [-0.39, 0.29) is 5.69 Å². The van der Waals surface area contributed by atoms with Gasteiger partial charge in [-0.25, -0.2) is 9.78 Å². The van der Waals surface area contributed by atoms with Crippen molar-refractivity contribution >= 4 is 11.8 Å². The van der Waals surface area contributed by atoms with E-state index in [1.165, 1.54) is 12.8 Å². The van der Waals surface area contributed by atoms with Crippen LogP contribution in [0.5, 0.6) is 0 Å². The van der Waals surface area contributed by atoms with Gasteiger partial charge in [0, 0.05) is 6.04 Å². The third-order valence-corrected chi connectivity index (χ3v) is 3.74. The van der Waals surface area contributed by atoms with Crippen LogP contribution in [-0.4, -0.2) is 22.1 Å². The maximum absolute atomic E-state index is 11.7. The van der Waals surface area contributed by atoms with E-state index in [1.807, 2.05) is 11.5 Å². The first-order chi connectivity index (χ1) is 8.56. The summed E-state index contributed by atoms with van der Waals surface area (Å²) >= 11 is 0. The molecule has 0 amide bonds. The smallest absolute Gasteiger partial charge is 0.360 e. The highest BCUT2D eigenvalue weighted by Gasteiger charge is 2.30. The van der Waals surface area contributed by atoms with Crippen LogP contribution in [0, 0.1) is 12.8 Å². The molecule has 1 aromatic heterocycles. The van der Waals surface area contributed by atoms with Crippen molar-refractivity contribution in [3.05, 3.63) is 11.5 Å². The maximum atomic E-state index is 11.7. The zero-order chi connectivity index (χ0) is 13.3. The molecular formula is C13H21N3O2. The predicted octanol–water partition coefficient (Wildman–Crippen LogP) is 2.31. The molecule has 0 aromatic carbocycles. The number of hydrogen-bond acceptors (Lipinski definition) is 4. The summed E-state index contributed by atoms with van der Waals surface area (Å²) in [4.78, 5) is 16.0. The van der Waals surface area contributed by atoms with Gasteiger partial charge in [-0.2, -0.15) is 0 Å². The molecule has 2 atom stereocenters. The van der Waals surface area contributed by atoms with Crippen LogP contribution < -0.4 is 5.73 Å². The van der Waals surface area contributed by atoms with Gasteiger partial charge in [0.2, 0.25) is 0 Å². The summed E-state index contributed by atoms with van der Waals surface area (Å²) in [7, 11) is 0. The molecule has 2 N–H and O–H groups in total. The van der Waals surface area contributed by atoms with Gasteiger partial charge in [-0.3, -0.25) is 0 Å². The second-order valence-electron chi connectivity index (χ2n) is 4.96. The van der Waals surface area contributed by atoms with Crippen LogP contribution >= 0.6 is 0 Å². The predicted molar refractivity (Wildman–Crippen MR) is 69.4 cm³/mol. The summed E-state index contributed by atoms with van der Waals surface area (Å²) in [5.74, 6) is 1.40. The molecule has 2 unspecified atom stereocenters. The van der Waals surface area contributed by atoms with Crippen molar-refractivity contribution in [2.75, 3.05) is 12.3 Å². The molecule has 1 aliphatic rings. The van der Waals surface area contributed by atoms with Crippen molar-refractivity contribution in [2.24, 2.45) is 5.92 Å². The van der Waals surface area contributed by atoms with Crippen molar-refractivity contribution < 1.29 is 9.53 Å². The Bertz CT molecular complexity index is 453. The Labute approximate surface area is 107 Å². The van der Waals surface area contributed by atoms with E-state index in [0.717, 1.165) is 12.2 Å². The highest BCUT2D eigenvalue weighted by molar-refractivity contribution is 5.92. The maximum Gasteiger partial charge on any atom is 0.360 e. The van der Waals surface area contributed by atoms with Crippen molar-refractivity contribution in [1.82, 2.24) is 9.55 Å². The normalized spacial score (nSPS) is 23.3. The number of aryl methyl sites for hydroxylation is 1. The molecule has 18 heavy (non-hydrogen) atoms. The Kier molecular flexibility index (Phi) is 3.59. The second kappa shape index (κ2) is 5.00. The quantitative estimate of drug-likeness (QED) is 0.837. The van der Waals surface area contributed by atoms with Crippen LogP contribution in [0.2, 0.25) is 0 Å². The van der Waals surface area contributed by atoms with Crippen LogP contribution in [-0.2, 0) is 4.74 Å². The lowest BCUT2D eigenvalue weighted by atomic mass is 10.1. The number of carbonyl (C=O) groups is 1. The van der Waals surface area contributed by atoms with E-state index in [9.17, 15) is 4.79 Å². The first-order valence-electron chi connectivity index (χ1n) is 6.57. The van der Waals surface area contributed by atoms with Crippen molar-refractivity contribution in [1.29, 1.82) is 0 Å². The molecule has 0 aliphatic heterocycles. The highest BCUT2D eigenvalue weighted by Crippen LogP contribution is 2.38. The standard InChI is InChI=1S/C13H21N3O2/c1-4-18-13(17)11-12(14)16(9(3)15-11)10-7-5-6-8(10)2/h8,10H,4-7,14H2,1-3H3. The molecule has 0 saturated heterocycles. The van der Waals surface area contributed by atoms with Crippen LogP contribution in [0.1, 0.15) is 55.5 Å². The average molecular weight is 251 g/mol. The Hall–Kier alpha value is -1.52. The molecule has 0 radical (unpaired) electrons. The molecule has 5 heteroatoms. The van der Waals surface area contributed by atoms with Gasteiger partial charge in [-0.1, -0.05) is 13.3 Å². The zero-order valence-electron chi connectivity index (χ0n) is 11.3. The van der Waals surface area contributed by atoms with Crippen LogP contribution in [0.25, 0.3) is 0 Å². The SMILES string of the molecule is CCOC(=O)c1nc(C)n(C2CCCC2C)c1N. The van der Waals surface area contributed by atoms with Gasteiger partial charge in [0.15, 0.2) is 5.69 Å². The van der Waals surface area contributed by atoms with E-state index >= 15 is 0 Å². The number of carbonyl (C=O) groups excluding carboxylic acids is 1. The van der Waals surface area contributed by atoms with E-state index in [4.69, 9.17) is 10.5 Å². The lowest BCUT2D eigenvalue weighted by molar-refractivity contribution is 0.0521. The van der Waals surface area contributed by atoms with E-state index < -0.39 is 5.97 Å². The molecular weight excluding hydrogens is 230 g/mol. The Balaban J connectivity index is 2.34. The summed E-state index contributed by atoms with van der Waals surface area (Å²) in [6.45, 7) is 6.23. The van der Waals surface area contributed by atoms with E-state index in [2.05, 4.69) is 11.9 Å². The van der Waals surface area contributed by atoms with Gasteiger partial charge in [-0.15, -0.1) is 0 Å². The van der Waals surface area contributed by atoms with Gasteiger partial charge in [0.25, 0.3) is 0 Å². The van der Waals surface area contributed by atoms with E-state index in [0.29, 0.717) is 24.4 Å². The number of rotatable bonds is 3. The van der Waals surface area contributed by atoms with Gasteiger partial charge in [0.1, 0.15) is 11.6 Å². The molecule has 2 rings (SSSR count). The number of hydrogen-bond donors (Lipinski definition) is 1. The lowest BCUT2D eigenvalue weighted by Crippen LogP contribution is -2.16. The molecule has 1 heterocycles. The van der Waals surface area contributed by atoms with Crippen LogP contribution in [0.15, 0.2) is 0 Å². The molecule has 0 spiro atoms. The fourth-order valence-corrected chi connectivity index (χ4v) is 2.84. The lowest BCUT2D eigenvalue weighted by Gasteiger charge is -2.20. The van der Waals surface area contributed by atoms with Gasteiger partial charge in [0.05, 0.1) is 6.61 Å². The Morgan fingerprint density at radius 3 is 2.83 bits per heavy atom.